The second-order valence-corrected chi connectivity index (χ2v) is 5.13. The molecule has 0 aliphatic carbocycles. The lowest BCUT2D eigenvalue weighted by Crippen LogP contribution is -2.41. The van der Waals surface area contributed by atoms with E-state index in [2.05, 4.69) is 27.9 Å². The number of hydrogen-bond acceptors (Lipinski definition) is 3. The van der Waals surface area contributed by atoms with Crippen LogP contribution in [0, 0.1) is 13.8 Å². The van der Waals surface area contributed by atoms with Crippen LogP contribution in [0.4, 0.5) is 0 Å². The maximum absolute atomic E-state index is 5.63. The molecule has 1 aliphatic rings. The predicted molar refractivity (Wildman–Crippen MR) is 69.8 cm³/mol. The van der Waals surface area contributed by atoms with Gasteiger partial charge in [0.2, 0.25) is 0 Å². The summed E-state index contributed by atoms with van der Waals surface area (Å²) in [5.41, 5.74) is 2.57. The lowest BCUT2D eigenvalue weighted by Gasteiger charge is -2.29. The Hall–Kier alpha value is -1.55. The summed E-state index contributed by atoms with van der Waals surface area (Å²) in [6.45, 7) is 8.34. The third-order valence-electron chi connectivity index (χ3n) is 3.84. The Morgan fingerprint density at radius 1 is 1.44 bits per heavy atom. The highest BCUT2D eigenvalue weighted by atomic mass is 16.3. The van der Waals surface area contributed by atoms with Crippen molar-refractivity contribution in [3.8, 4) is 0 Å². The first kappa shape index (κ1) is 11.5. The minimum Gasteiger partial charge on any atom is -0.466 e. The van der Waals surface area contributed by atoms with E-state index in [1.165, 1.54) is 11.3 Å². The summed E-state index contributed by atoms with van der Waals surface area (Å²) in [4.78, 5) is 4.31. The van der Waals surface area contributed by atoms with Gasteiger partial charge >= 0.3 is 0 Å². The molecule has 2 aromatic rings. The highest BCUT2D eigenvalue weighted by Gasteiger charge is 2.25. The maximum Gasteiger partial charge on any atom is 0.106 e. The van der Waals surface area contributed by atoms with Gasteiger partial charge in [-0.05, 0) is 26.8 Å². The third kappa shape index (κ3) is 1.77. The molecule has 4 nitrogen and oxygen atoms in total. The molecular formula is C14H19N3O. The number of aryl methyl sites for hydroxylation is 2. The van der Waals surface area contributed by atoms with Crippen LogP contribution in [0.15, 0.2) is 23.0 Å². The summed E-state index contributed by atoms with van der Waals surface area (Å²) in [7, 11) is 0. The average Bonchev–Trinajstić information content (AvgIpc) is 2.82. The van der Waals surface area contributed by atoms with E-state index < -0.39 is 0 Å². The molecule has 1 saturated heterocycles. The van der Waals surface area contributed by atoms with Crippen molar-refractivity contribution in [2.75, 3.05) is 13.1 Å². The summed E-state index contributed by atoms with van der Waals surface area (Å²) in [6.07, 6.45) is 3.92. The first-order valence-electron chi connectivity index (χ1n) is 6.46. The van der Waals surface area contributed by atoms with Crippen LogP contribution in [0.3, 0.4) is 0 Å². The van der Waals surface area contributed by atoms with E-state index in [-0.39, 0.29) is 6.04 Å². The summed E-state index contributed by atoms with van der Waals surface area (Å²) >= 11 is 0. The molecule has 1 unspecified atom stereocenters. The van der Waals surface area contributed by atoms with E-state index in [9.17, 15) is 0 Å². The summed E-state index contributed by atoms with van der Waals surface area (Å²) in [6, 6.07) is 2.41. The summed E-state index contributed by atoms with van der Waals surface area (Å²) in [5, 5.41) is 3.31. The fourth-order valence-electron chi connectivity index (χ4n) is 2.67. The van der Waals surface area contributed by atoms with Crippen LogP contribution in [0.1, 0.15) is 41.7 Å². The van der Waals surface area contributed by atoms with Crippen molar-refractivity contribution >= 4 is 0 Å². The molecule has 0 amide bonds. The predicted octanol–water partition coefficient (Wildman–Crippen LogP) is 2.39. The van der Waals surface area contributed by atoms with E-state index >= 15 is 0 Å². The molecule has 1 N–H and O–H groups in total. The molecule has 0 saturated carbocycles. The first-order chi connectivity index (χ1) is 8.66. The van der Waals surface area contributed by atoms with E-state index in [4.69, 9.17) is 4.42 Å². The zero-order valence-electron chi connectivity index (χ0n) is 11.1. The molecule has 3 heterocycles. The van der Waals surface area contributed by atoms with Crippen molar-refractivity contribution in [3.05, 3.63) is 41.4 Å². The minimum atomic E-state index is 0.278. The van der Waals surface area contributed by atoms with E-state index in [1.54, 1.807) is 0 Å². The Morgan fingerprint density at radius 3 is 2.78 bits per heavy atom. The monoisotopic (exact) mass is 245 g/mol. The van der Waals surface area contributed by atoms with E-state index in [0.29, 0.717) is 5.92 Å². The fourth-order valence-corrected chi connectivity index (χ4v) is 2.67. The number of hydrogen-bond donors (Lipinski definition) is 1. The van der Waals surface area contributed by atoms with E-state index in [1.807, 2.05) is 26.4 Å². The van der Waals surface area contributed by atoms with Crippen molar-refractivity contribution in [1.29, 1.82) is 0 Å². The van der Waals surface area contributed by atoms with Gasteiger partial charge in [0, 0.05) is 36.5 Å². The average molecular weight is 245 g/mol. The van der Waals surface area contributed by atoms with Gasteiger partial charge in [-0.25, -0.2) is 4.98 Å². The van der Waals surface area contributed by atoms with Gasteiger partial charge in [0.05, 0.1) is 12.4 Å². The number of nitrogens with zero attached hydrogens (tertiary/aromatic N) is 2. The van der Waals surface area contributed by atoms with Crippen LogP contribution in [0.2, 0.25) is 0 Å². The van der Waals surface area contributed by atoms with Gasteiger partial charge in [-0.2, -0.15) is 0 Å². The standard InChI is InChI=1S/C14H19N3O/c1-9-4-13(11(3)18-9)10(2)17-8-16-7-14(17)12-5-15-6-12/h4,7-8,10,12,15H,5-6H2,1-3H3. The zero-order chi connectivity index (χ0) is 12.7. The molecule has 0 radical (unpaired) electrons. The first-order valence-corrected chi connectivity index (χ1v) is 6.46. The Labute approximate surface area is 107 Å². The molecule has 96 valence electrons. The lowest BCUT2D eigenvalue weighted by molar-refractivity contribution is 0.416. The van der Waals surface area contributed by atoms with Gasteiger partial charge < -0.3 is 14.3 Å². The van der Waals surface area contributed by atoms with Crippen LogP contribution in [0.5, 0.6) is 0 Å². The van der Waals surface area contributed by atoms with Gasteiger partial charge in [-0.1, -0.05) is 0 Å². The molecule has 1 aliphatic heterocycles. The topological polar surface area (TPSA) is 43.0 Å². The summed E-state index contributed by atoms with van der Waals surface area (Å²) < 4.78 is 7.89. The number of furan rings is 1. The molecule has 1 atom stereocenters. The number of rotatable bonds is 3. The SMILES string of the molecule is Cc1cc(C(C)n2cncc2C2CNC2)c(C)o1. The smallest absolute Gasteiger partial charge is 0.106 e. The second kappa shape index (κ2) is 4.28. The summed E-state index contributed by atoms with van der Waals surface area (Å²) in [5.74, 6) is 2.58. The van der Waals surface area contributed by atoms with Gasteiger partial charge in [-0.15, -0.1) is 0 Å². The highest BCUT2D eigenvalue weighted by molar-refractivity contribution is 5.26. The van der Waals surface area contributed by atoms with Crippen molar-refractivity contribution in [2.45, 2.75) is 32.7 Å². The number of nitrogens with one attached hydrogen (secondary N) is 1. The van der Waals surface area contributed by atoms with Gasteiger partial charge in [0.25, 0.3) is 0 Å². The molecule has 3 rings (SSSR count). The Balaban J connectivity index is 1.94. The van der Waals surface area contributed by atoms with Crippen molar-refractivity contribution in [1.82, 2.24) is 14.9 Å². The Kier molecular flexibility index (Phi) is 2.74. The second-order valence-electron chi connectivity index (χ2n) is 5.13. The molecule has 0 bridgehead atoms. The number of aromatic nitrogens is 2. The molecule has 0 aromatic carbocycles. The molecule has 2 aromatic heterocycles. The fraction of sp³-hybridized carbons (Fsp3) is 0.500. The van der Waals surface area contributed by atoms with Crippen molar-refractivity contribution in [3.63, 3.8) is 0 Å². The normalized spacial score (nSPS) is 17.7. The van der Waals surface area contributed by atoms with Crippen LogP contribution >= 0.6 is 0 Å². The van der Waals surface area contributed by atoms with Crippen molar-refractivity contribution in [2.24, 2.45) is 0 Å². The minimum absolute atomic E-state index is 0.278. The van der Waals surface area contributed by atoms with Crippen LogP contribution in [0.25, 0.3) is 0 Å². The molecule has 0 spiro atoms. The Morgan fingerprint density at radius 2 is 2.22 bits per heavy atom. The molecule has 4 heteroatoms. The Bertz CT molecular complexity index is 551. The zero-order valence-corrected chi connectivity index (χ0v) is 11.1. The van der Waals surface area contributed by atoms with Crippen molar-refractivity contribution < 1.29 is 4.42 Å². The number of imidazole rings is 1. The molecule has 1 fully saturated rings. The van der Waals surface area contributed by atoms with E-state index in [0.717, 1.165) is 24.6 Å². The van der Waals surface area contributed by atoms with Crippen LogP contribution < -0.4 is 5.32 Å². The molecule has 18 heavy (non-hydrogen) atoms. The van der Waals surface area contributed by atoms with Gasteiger partial charge in [0.1, 0.15) is 11.5 Å². The highest BCUT2D eigenvalue weighted by Crippen LogP contribution is 2.29. The lowest BCUT2D eigenvalue weighted by atomic mass is 9.98. The molecular weight excluding hydrogens is 226 g/mol. The third-order valence-corrected chi connectivity index (χ3v) is 3.84. The maximum atomic E-state index is 5.63. The largest absolute Gasteiger partial charge is 0.466 e. The van der Waals surface area contributed by atoms with Crippen LogP contribution in [-0.2, 0) is 0 Å². The van der Waals surface area contributed by atoms with Gasteiger partial charge in [0.15, 0.2) is 0 Å². The quantitative estimate of drug-likeness (QED) is 0.903. The van der Waals surface area contributed by atoms with Crippen LogP contribution in [-0.4, -0.2) is 22.6 Å². The van der Waals surface area contributed by atoms with Gasteiger partial charge in [-0.3, -0.25) is 0 Å².